The zero-order chi connectivity index (χ0) is 27.8. The Bertz CT molecular complexity index is 1230. The van der Waals surface area contributed by atoms with Crippen molar-refractivity contribution in [2.24, 2.45) is 0 Å². The van der Waals surface area contributed by atoms with Gasteiger partial charge >= 0.3 is 0 Å². The van der Waals surface area contributed by atoms with Crippen molar-refractivity contribution >= 4 is 17.6 Å². The first-order valence-corrected chi connectivity index (χ1v) is 13.4. The molecule has 39 heavy (non-hydrogen) atoms. The topological polar surface area (TPSA) is 82.1 Å². The minimum atomic E-state index is -0.159. The van der Waals surface area contributed by atoms with E-state index in [1.54, 1.807) is 36.3 Å². The molecule has 0 atom stereocenters. The molecule has 0 N–H and O–H groups in total. The Balaban J connectivity index is 1.38. The molecule has 1 aliphatic heterocycles. The van der Waals surface area contributed by atoms with E-state index in [1.807, 2.05) is 36.0 Å². The third-order valence-electron chi connectivity index (χ3n) is 6.94. The molecule has 0 spiro atoms. The van der Waals surface area contributed by atoms with E-state index >= 15 is 0 Å². The molecule has 1 aliphatic rings. The average molecular weight is 531 g/mol. The van der Waals surface area contributed by atoms with Crippen molar-refractivity contribution in [2.75, 3.05) is 71.9 Å². The molecule has 2 aromatic carbocycles. The maximum absolute atomic E-state index is 13.4. The van der Waals surface area contributed by atoms with Crippen molar-refractivity contribution in [1.82, 2.24) is 24.9 Å². The molecule has 1 fully saturated rings. The molecule has 0 aliphatic carbocycles. The molecule has 9 nitrogen and oxygen atoms in total. The lowest BCUT2D eigenvalue weighted by Crippen LogP contribution is -2.46. The molecule has 0 radical (unpaired) electrons. The SMILES string of the molecule is COc1ccc(C(=O)N(CCN(C)C)CC(=O)N2CCCN(c3ccc(-c4ccc(C)cc4)nn3)CC2)cc1. The fourth-order valence-electron chi connectivity index (χ4n) is 4.52. The van der Waals surface area contributed by atoms with Crippen LogP contribution in [-0.2, 0) is 4.79 Å². The molecule has 0 unspecified atom stereocenters. The largest absolute Gasteiger partial charge is 0.497 e. The zero-order valence-electron chi connectivity index (χ0n) is 23.3. The molecule has 1 saturated heterocycles. The lowest BCUT2D eigenvalue weighted by atomic mass is 10.1. The van der Waals surface area contributed by atoms with Crippen LogP contribution in [0.2, 0.25) is 0 Å². The minimum absolute atomic E-state index is 0.0433. The summed E-state index contributed by atoms with van der Waals surface area (Å²) in [4.78, 5) is 34.3. The van der Waals surface area contributed by atoms with E-state index < -0.39 is 0 Å². The summed E-state index contributed by atoms with van der Waals surface area (Å²) >= 11 is 0. The standard InChI is InChI=1S/C30H38N6O3/c1-23-6-8-24(9-7-23)27-14-15-28(32-31-27)34-16-5-17-35(21-20-34)29(37)22-36(19-18-33(2)3)30(38)25-10-12-26(39-4)13-11-25/h6-15H,5,16-22H2,1-4H3. The van der Waals surface area contributed by atoms with Gasteiger partial charge < -0.3 is 24.3 Å². The predicted molar refractivity (Wildman–Crippen MR) is 153 cm³/mol. The third-order valence-corrected chi connectivity index (χ3v) is 6.94. The molecule has 0 saturated carbocycles. The van der Waals surface area contributed by atoms with Gasteiger partial charge in [-0.2, -0.15) is 0 Å². The van der Waals surface area contributed by atoms with Gasteiger partial charge in [0, 0.05) is 50.4 Å². The summed E-state index contributed by atoms with van der Waals surface area (Å²) in [5, 5.41) is 8.92. The van der Waals surface area contributed by atoms with Gasteiger partial charge in [0.25, 0.3) is 5.91 Å². The highest BCUT2D eigenvalue weighted by Crippen LogP contribution is 2.20. The summed E-state index contributed by atoms with van der Waals surface area (Å²) < 4.78 is 5.21. The van der Waals surface area contributed by atoms with Gasteiger partial charge in [0.05, 0.1) is 12.8 Å². The number of methoxy groups -OCH3 is 1. The number of rotatable bonds is 9. The smallest absolute Gasteiger partial charge is 0.254 e. The molecule has 4 rings (SSSR count). The van der Waals surface area contributed by atoms with E-state index in [0.717, 1.165) is 30.0 Å². The van der Waals surface area contributed by atoms with Crippen LogP contribution in [0.15, 0.2) is 60.7 Å². The number of carbonyl (C=O) groups excluding carboxylic acids is 2. The monoisotopic (exact) mass is 530 g/mol. The second kappa shape index (κ2) is 13.2. The first-order chi connectivity index (χ1) is 18.8. The Hall–Kier alpha value is -3.98. The second-order valence-electron chi connectivity index (χ2n) is 10.1. The van der Waals surface area contributed by atoms with Crippen LogP contribution in [0.5, 0.6) is 5.75 Å². The number of benzene rings is 2. The van der Waals surface area contributed by atoms with Crippen molar-refractivity contribution in [3.05, 3.63) is 71.8 Å². The van der Waals surface area contributed by atoms with Crippen LogP contribution in [0.3, 0.4) is 0 Å². The van der Waals surface area contributed by atoms with Crippen LogP contribution >= 0.6 is 0 Å². The number of ether oxygens (including phenoxy) is 1. The number of aryl methyl sites for hydroxylation is 1. The van der Waals surface area contributed by atoms with E-state index in [2.05, 4.69) is 46.3 Å². The van der Waals surface area contributed by atoms with Gasteiger partial charge in [-0.1, -0.05) is 29.8 Å². The maximum atomic E-state index is 13.4. The molecule has 2 heterocycles. The highest BCUT2D eigenvalue weighted by Gasteiger charge is 2.25. The van der Waals surface area contributed by atoms with Crippen LogP contribution in [0.4, 0.5) is 5.82 Å². The van der Waals surface area contributed by atoms with Gasteiger partial charge in [-0.3, -0.25) is 9.59 Å². The van der Waals surface area contributed by atoms with Crippen molar-refractivity contribution in [3.8, 4) is 17.0 Å². The van der Waals surface area contributed by atoms with Gasteiger partial charge in [-0.25, -0.2) is 0 Å². The van der Waals surface area contributed by atoms with Crippen LogP contribution in [0.1, 0.15) is 22.3 Å². The molecule has 206 valence electrons. The van der Waals surface area contributed by atoms with Crippen LogP contribution in [0.25, 0.3) is 11.3 Å². The fraction of sp³-hybridized carbons (Fsp3) is 0.400. The summed E-state index contributed by atoms with van der Waals surface area (Å²) in [6, 6.07) is 19.2. The van der Waals surface area contributed by atoms with Crippen molar-refractivity contribution in [1.29, 1.82) is 0 Å². The van der Waals surface area contributed by atoms with E-state index in [1.165, 1.54) is 5.56 Å². The molecular formula is C30H38N6O3. The number of aromatic nitrogens is 2. The number of carbonyl (C=O) groups is 2. The normalized spacial score (nSPS) is 13.8. The molecule has 1 aromatic heterocycles. The molecule has 9 heteroatoms. The van der Waals surface area contributed by atoms with Crippen LogP contribution in [0, 0.1) is 6.92 Å². The van der Waals surface area contributed by atoms with Gasteiger partial charge in [-0.15, -0.1) is 10.2 Å². The average Bonchev–Trinajstić information content (AvgIpc) is 3.22. The zero-order valence-corrected chi connectivity index (χ0v) is 23.3. The molecular weight excluding hydrogens is 492 g/mol. The number of anilines is 1. The van der Waals surface area contributed by atoms with E-state index in [0.29, 0.717) is 44.0 Å². The Morgan fingerprint density at radius 3 is 2.26 bits per heavy atom. The van der Waals surface area contributed by atoms with E-state index in [-0.39, 0.29) is 18.4 Å². The molecule has 3 aromatic rings. The van der Waals surface area contributed by atoms with Gasteiger partial charge in [0.1, 0.15) is 12.3 Å². The first-order valence-electron chi connectivity index (χ1n) is 13.4. The second-order valence-corrected chi connectivity index (χ2v) is 10.1. The van der Waals surface area contributed by atoms with Crippen molar-refractivity contribution in [3.63, 3.8) is 0 Å². The summed E-state index contributed by atoms with van der Waals surface area (Å²) in [6.45, 7) is 5.90. The van der Waals surface area contributed by atoms with E-state index in [9.17, 15) is 9.59 Å². The quantitative estimate of drug-likeness (QED) is 0.420. The number of hydrogen-bond donors (Lipinski definition) is 0. The Kier molecular flexibility index (Phi) is 9.49. The Labute approximate surface area is 231 Å². The van der Waals surface area contributed by atoms with Gasteiger partial charge in [-0.05, 0) is 63.8 Å². The molecule has 0 bridgehead atoms. The first kappa shape index (κ1) is 28.0. The van der Waals surface area contributed by atoms with E-state index in [4.69, 9.17) is 4.74 Å². The Morgan fingerprint density at radius 2 is 1.62 bits per heavy atom. The lowest BCUT2D eigenvalue weighted by molar-refractivity contribution is -0.131. The highest BCUT2D eigenvalue weighted by atomic mass is 16.5. The Morgan fingerprint density at radius 1 is 0.872 bits per heavy atom. The summed E-state index contributed by atoms with van der Waals surface area (Å²) in [5.41, 5.74) is 3.62. The van der Waals surface area contributed by atoms with Crippen LogP contribution in [-0.4, -0.2) is 104 Å². The number of likely N-dealkylation sites (N-methyl/N-ethyl adjacent to an activating group) is 1. The summed E-state index contributed by atoms with van der Waals surface area (Å²) in [5.74, 6) is 1.29. The van der Waals surface area contributed by atoms with Crippen molar-refractivity contribution in [2.45, 2.75) is 13.3 Å². The summed E-state index contributed by atoms with van der Waals surface area (Å²) in [7, 11) is 5.50. The predicted octanol–water partition coefficient (Wildman–Crippen LogP) is 3.20. The number of amides is 2. The lowest BCUT2D eigenvalue weighted by Gasteiger charge is -2.28. The maximum Gasteiger partial charge on any atom is 0.254 e. The van der Waals surface area contributed by atoms with Crippen molar-refractivity contribution < 1.29 is 14.3 Å². The summed E-state index contributed by atoms with van der Waals surface area (Å²) in [6.07, 6.45) is 0.817. The molecule has 2 amide bonds. The fourth-order valence-corrected chi connectivity index (χ4v) is 4.52. The number of hydrogen-bond acceptors (Lipinski definition) is 7. The highest BCUT2D eigenvalue weighted by molar-refractivity contribution is 5.96. The number of nitrogens with zero attached hydrogens (tertiary/aromatic N) is 6. The van der Waals surface area contributed by atoms with Gasteiger partial charge in [0.15, 0.2) is 5.82 Å². The van der Waals surface area contributed by atoms with Crippen LogP contribution < -0.4 is 9.64 Å². The minimum Gasteiger partial charge on any atom is -0.497 e. The third kappa shape index (κ3) is 7.54. The van der Waals surface area contributed by atoms with Gasteiger partial charge in [0.2, 0.25) is 5.91 Å².